The molecule has 0 aliphatic heterocycles. The Morgan fingerprint density at radius 3 is 1.14 bits per heavy atom. The summed E-state index contributed by atoms with van der Waals surface area (Å²) in [6.45, 7) is 7.57. The van der Waals surface area contributed by atoms with E-state index in [0.29, 0.717) is 24.2 Å². The normalized spacial score (nSPS) is 13.5. The molecule has 13 nitrogen and oxygen atoms in total. The lowest BCUT2D eigenvalue weighted by Crippen LogP contribution is -2.53. The Bertz CT molecular complexity index is 1390. The van der Waals surface area contributed by atoms with Gasteiger partial charge in [0.15, 0.2) is 0 Å². The van der Waals surface area contributed by atoms with Crippen LogP contribution in [0.25, 0.3) is 0 Å². The van der Waals surface area contributed by atoms with Gasteiger partial charge in [-0.3, -0.25) is 9.59 Å². The molecule has 15 heteroatoms. The van der Waals surface area contributed by atoms with Crippen LogP contribution in [-0.4, -0.2) is 83.6 Å². The molecule has 0 heterocycles. The van der Waals surface area contributed by atoms with Crippen LogP contribution in [0.3, 0.4) is 0 Å². The molecule has 0 aliphatic rings. The van der Waals surface area contributed by atoms with E-state index in [2.05, 4.69) is 21.3 Å². The van der Waals surface area contributed by atoms with Crippen molar-refractivity contribution in [3.63, 3.8) is 0 Å². The van der Waals surface area contributed by atoms with E-state index in [9.17, 15) is 31.2 Å². The molecule has 2 aromatic carbocycles. The van der Waals surface area contributed by atoms with E-state index in [4.69, 9.17) is 0 Å². The van der Waals surface area contributed by atoms with Gasteiger partial charge in [0.2, 0.25) is 31.9 Å². The zero-order valence-corrected chi connectivity index (χ0v) is 28.0. The third-order valence-corrected chi connectivity index (χ3v) is 10.1. The Hall–Kier alpha value is -3.53. The number of nitrogens with one attached hydrogen (secondary N) is 4. The van der Waals surface area contributed by atoms with Crippen molar-refractivity contribution in [2.24, 2.45) is 11.8 Å². The molecule has 4 amide bonds. The smallest absolute Gasteiger partial charge is 0.316 e. The molecule has 0 saturated heterocycles. The molecule has 44 heavy (non-hydrogen) atoms. The van der Waals surface area contributed by atoms with Crippen molar-refractivity contribution in [2.45, 2.75) is 62.4 Å². The van der Waals surface area contributed by atoms with Crippen LogP contribution < -0.4 is 21.3 Å². The maximum absolute atomic E-state index is 13.1. The van der Waals surface area contributed by atoms with Crippen molar-refractivity contribution in [1.29, 1.82) is 0 Å². The van der Waals surface area contributed by atoms with Crippen LogP contribution in [0, 0.1) is 11.8 Å². The fraction of sp³-hybridized carbons (Fsp3) is 0.483. The van der Waals surface area contributed by atoms with E-state index in [1.54, 1.807) is 0 Å². The Labute approximate surface area is 260 Å². The fourth-order valence-corrected chi connectivity index (χ4v) is 5.87. The van der Waals surface area contributed by atoms with Gasteiger partial charge >= 0.3 is 6.03 Å². The van der Waals surface area contributed by atoms with Gasteiger partial charge in [-0.05, 0) is 73.2 Å². The Morgan fingerprint density at radius 2 is 0.886 bits per heavy atom. The summed E-state index contributed by atoms with van der Waals surface area (Å²) in [6, 6.07) is 8.77. The van der Waals surface area contributed by atoms with Crippen molar-refractivity contribution < 1.29 is 31.2 Å². The summed E-state index contributed by atoms with van der Waals surface area (Å²) >= 11 is 0. The number of sulfonamides is 2. The van der Waals surface area contributed by atoms with Crippen molar-refractivity contribution >= 4 is 49.3 Å². The Morgan fingerprint density at radius 1 is 0.591 bits per heavy atom. The molecule has 2 rings (SSSR count). The SMILES string of the molecule is CC(C)CC(NC(=O)N[C@@H](CC(C)C)C(=O)Nc1ccc(S(=O)(=O)N(C)C)cc1)C(=O)Nc1ccc(S(=O)(=O)N(C)C)cc1. The maximum atomic E-state index is 13.1. The zero-order chi connectivity index (χ0) is 33.4. The number of carbonyl (C=O) groups is 3. The first-order valence-electron chi connectivity index (χ1n) is 14.1. The molecule has 4 N–H and O–H groups in total. The maximum Gasteiger partial charge on any atom is 0.316 e. The van der Waals surface area contributed by atoms with Gasteiger partial charge in [-0.1, -0.05) is 27.7 Å². The van der Waals surface area contributed by atoms with Gasteiger partial charge in [-0.2, -0.15) is 0 Å². The molecule has 0 spiro atoms. The lowest BCUT2D eigenvalue weighted by molar-refractivity contribution is -0.118. The molecule has 0 aromatic heterocycles. The minimum atomic E-state index is -3.63. The average molecular weight is 653 g/mol. The number of amides is 4. The van der Waals surface area contributed by atoms with E-state index < -0.39 is 50.0 Å². The average Bonchev–Trinajstić information content (AvgIpc) is 2.92. The molecule has 0 radical (unpaired) electrons. The minimum Gasteiger partial charge on any atom is -0.326 e. The second-order valence-corrected chi connectivity index (χ2v) is 15.9. The quantitative estimate of drug-likeness (QED) is 0.243. The van der Waals surface area contributed by atoms with E-state index in [0.717, 1.165) is 8.61 Å². The van der Waals surface area contributed by atoms with Crippen LogP contribution in [0.4, 0.5) is 16.2 Å². The highest BCUT2D eigenvalue weighted by molar-refractivity contribution is 7.89. The highest BCUT2D eigenvalue weighted by Crippen LogP contribution is 2.19. The molecule has 0 bridgehead atoms. The molecular formula is C29H44N6O7S2. The number of hydrogen-bond acceptors (Lipinski definition) is 7. The number of carbonyl (C=O) groups excluding carboxylic acids is 3. The van der Waals surface area contributed by atoms with Gasteiger partial charge in [0, 0.05) is 39.6 Å². The van der Waals surface area contributed by atoms with Crippen molar-refractivity contribution in [3.05, 3.63) is 48.5 Å². The van der Waals surface area contributed by atoms with Crippen molar-refractivity contribution in [1.82, 2.24) is 19.2 Å². The van der Waals surface area contributed by atoms with Gasteiger partial charge in [0.05, 0.1) is 9.79 Å². The van der Waals surface area contributed by atoms with E-state index in [1.165, 1.54) is 76.7 Å². The van der Waals surface area contributed by atoms with E-state index in [-0.39, 0.29) is 21.6 Å². The first-order chi connectivity index (χ1) is 20.3. The summed E-state index contributed by atoms with van der Waals surface area (Å²) in [5.41, 5.74) is 0.704. The number of urea groups is 1. The van der Waals surface area contributed by atoms with Gasteiger partial charge < -0.3 is 21.3 Å². The van der Waals surface area contributed by atoms with Crippen molar-refractivity contribution in [2.75, 3.05) is 38.8 Å². The third kappa shape index (κ3) is 10.3. The number of anilines is 2. The summed E-state index contributed by atoms with van der Waals surface area (Å²) in [4.78, 5) is 39.5. The number of rotatable bonds is 14. The van der Waals surface area contributed by atoms with Crippen LogP contribution in [-0.2, 0) is 29.6 Å². The summed E-state index contributed by atoms with van der Waals surface area (Å²) in [5.74, 6) is -0.940. The predicted molar refractivity (Wildman–Crippen MR) is 170 cm³/mol. The monoisotopic (exact) mass is 652 g/mol. The van der Waals surface area contributed by atoms with Crippen LogP contribution in [0.1, 0.15) is 40.5 Å². The number of benzene rings is 2. The second kappa shape index (κ2) is 15.5. The van der Waals surface area contributed by atoms with Crippen LogP contribution in [0.15, 0.2) is 58.3 Å². The highest BCUT2D eigenvalue weighted by atomic mass is 32.2. The third-order valence-electron chi connectivity index (χ3n) is 6.46. The first kappa shape index (κ1) is 36.7. The van der Waals surface area contributed by atoms with Crippen molar-refractivity contribution in [3.8, 4) is 0 Å². The number of nitrogens with zero attached hydrogens (tertiary/aromatic N) is 2. The summed E-state index contributed by atoms with van der Waals surface area (Å²) in [6.07, 6.45) is 0.602. The molecule has 244 valence electrons. The lowest BCUT2D eigenvalue weighted by atomic mass is 10.0. The molecule has 0 fully saturated rings. The largest absolute Gasteiger partial charge is 0.326 e. The standard InChI is InChI=1S/C29H44N6O7S2/c1-19(2)17-25(27(36)30-21-9-13-23(14-10-21)43(39,40)34(5)6)32-29(38)33-26(18-20(3)4)28(37)31-22-11-15-24(16-12-22)44(41,42)35(7)8/h9-16,19-20,25-26H,17-18H2,1-8H3,(H,30,36)(H,31,37)(H2,32,33,38)/t25-,26?/m0/s1. The summed E-state index contributed by atoms with van der Waals surface area (Å²) < 4.78 is 51.5. The lowest BCUT2D eigenvalue weighted by Gasteiger charge is -2.24. The molecule has 0 aliphatic carbocycles. The molecular weight excluding hydrogens is 608 g/mol. The number of hydrogen-bond donors (Lipinski definition) is 4. The molecule has 1 unspecified atom stereocenters. The van der Waals surface area contributed by atoms with Crippen LogP contribution in [0.5, 0.6) is 0 Å². The predicted octanol–water partition coefficient (Wildman–Crippen LogP) is 2.89. The van der Waals surface area contributed by atoms with Gasteiger partial charge in [-0.15, -0.1) is 0 Å². The zero-order valence-electron chi connectivity index (χ0n) is 26.4. The van der Waals surface area contributed by atoms with Crippen LogP contribution >= 0.6 is 0 Å². The van der Waals surface area contributed by atoms with E-state index >= 15 is 0 Å². The minimum absolute atomic E-state index is 0.0349. The molecule has 2 atom stereocenters. The molecule has 0 saturated carbocycles. The fourth-order valence-electron chi connectivity index (χ4n) is 4.06. The van der Waals surface area contributed by atoms with Gasteiger partial charge in [0.1, 0.15) is 12.1 Å². The van der Waals surface area contributed by atoms with Gasteiger partial charge in [-0.25, -0.2) is 30.2 Å². The summed E-state index contributed by atoms with van der Waals surface area (Å²) in [7, 11) is -1.57. The highest BCUT2D eigenvalue weighted by Gasteiger charge is 2.27. The second-order valence-electron chi connectivity index (χ2n) is 11.6. The molecule has 2 aromatic rings. The van der Waals surface area contributed by atoms with Gasteiger partial charge in [0.25, 0.3) is 0 Å². The van der Waals surface area contributed by atoms with E-state index in [1.807, 2.05) is 27.7 Å². The Kier molecular flexibility index (Phi) is 12.9. The first-order valence-corrected chi connectivity index (χ1v) is 17.0. The van der Waals surface area contributed by atoms with Crippen LogP contribution in [0.2, 0.25) is 0 Å². The topological polar surface area (TPSA) is 174 Å². The Balaban J connectivity index is 2.14. The summed E-state index contributed by atoms with van der Waals surface area (Å²) in [5, 5.41) is 10.7.